The van der Waals surface area contributed by atoms with Crippen LogP contribution in [0.4, 0.5) is 0 Å². The zero-order valence-corrected chi connectivity index (χ0v) is 18.4. The molecular formula is C28H37N. The standard InChI is InChI=1S/C26H35N.C2H2/c1-3-5-7-8-9-11-13-25-19-21-26(27-22-25)20-18-24-16-14-23(15-17-24)12-10-6-4-2;1-2/h14-17,19,21-22H,3-13H2,1-2H3;1-2H. The minimum atomic E-state index is 0.855. The maximum Gasteiger partial charge on any atom is 0.113 e. The van der Waals surface area contributed by atoms with E-state index < -0.39 is 0 Å². The third kappa shape index (κ3) is 11.2. The first kappa shape index (κ1) is 24.5. The largest absolute Gasteiger partial charge is 0.248 e. The number of aryl methyl sites for hydroxylation is 2. The molecule has 1 aromatic carbocycles. The molecule has 0 atom stereocenters. The zero-order valence-electron chi connectivity index (χ0n) is 18.4. The Morgan fingerprint density at radius 2 is 1.21 bits per heavy atom. The number of benzene rings is 1. The number of hydrogen-bond acceptors (Lipinski definition) is 1. The van der Waals surface area contributed by atoms with E-state index >= 15 is 0 Å². The Hall–Kier alpha value is -2.51. The topological polar surface area (TPSA) is 12.9 Å². The molecule has 2 rings (SSSR count). The second kappa shape index (κ2) is 16.4. The number of unbranched alkanes of at least 4 members (excludes halogenated alkanes) is 7. The molecule has 29 heavy (non-hydrogen) atoms. The van der Waals surface area contributed by atoms with E-state index in [9.17, 15) is 0 Å². The molecule has 0 aliphatic carbocycles. The van der Waals surface area contributed by atoms with E-state index in [1.54, 1.807) is 0 Å². The average Bonchev–Trinajstić information content (AvgIpc) is 2.78. The lowest BCUT2D eigenvalue weighted by molar-refractivity contribution is 0.607. The van der Waals surface area contributed by atoms with Crippen LogP contribution in [0.3, 0.4) is 0 Å². The fraction of sp³-hybridized carbons (Fsp3) is 0.464. The van der Waals surface area contributed by atoms with Gasteiger partial charge in [-0.2, -0.15) is 0 Å². The third-order valence-corrected chi connectivity index (χ3v) is 5.00. The predicted octanol–water partition coefficient (Wildman–Crippen LogP) is 7.37. The number of nitrogens with zero attached hydrogens (tertiary/aromatic N) is 1. The molecule has 1 nitrogen and oxygen atoms in total. The summed E-state index contributed by atoms with van der Waals surface area (Å²) < 4.78 is 0. The van der Waals surface area contributed by atoms with E-state index in [0.717, 1.165) is 17.7 Å². The monoisotopic (exact) mass is 387 g/mol. The van der Waals surface area contributed by atoms with Crippen LogP contribution in [0.15, 0.2) is 42.6 Å². The van der Waals surface area contributed by atoms with Crippen molar-refractivity contribution in [3.63, 3.8) is 0 Å². The molecular weight excluding hydrogens is 350 g/mol. The highest BCUT2D eigenvalue weighted by molar-refractivity contribution is 5.41. The van der Waals surface area contributed by atoms with Gasteiger partial charge in [-0.1, -0.05) is 82.9 Å². The summed E-state index contributed by atoms with van der Waals surface area (Å²) in [6, 6.07) is 12.9. The maximum absolute atomic E-state index is 4.52. The Morgan fingerprint density at radius 1 is 0.655 bits per heavy atom. The number of rotatable bonds is 11. The summed E-state index contributed by atoms with van der Waals surface area (Å²) >= 11 is 0. The van der Waals surface area contributed by atoms with Gasteiger partial charge in [0.15, 0.2) is 0 Å². The van der Waals surface area contributed by atoms with Gasteiger partial charge in [0.05, 0.1) is 0 Å². The Labute approximate surface area is 179 Å². The average molecular weight is 388 g/mol. The van der Waals surface area contributed by atoms with Crippen molar-refractivity contribution >= 4 is 0 Å². The van der Waals surface area contributed by atoms with Crippen molar-refractivity contribution in [2.24, 2.45) is 0 Å². The van der Waals surface area contributed by atoms with Crippen molar-refractivity contribution in [2.75, 3.05) is 0 Å². The Kier molecular flexibility index (Phi) is 13.9. The first-order chi connectivity index (χ1) is 14.3. The Morgan fingerprint density at radius 3 is 1.86 bits per heavy atom. The van der Waals surface area contributed by atoms with E-state index in [2.05, 4.69) is 79.9 Å². The minimum Gasteiger partial charge on any atom is -0.248 e. The van der Waals surface area contributed by atoms with Crippen LogP contribution >= 0.6 is 0 Å². The lowest BCUT2D eigenvalue weighted by Gasteiger charge is -2.02. The van der Waals surface area contributed by atoms with Crippen LogP contribution < -0.4 is 0 Å². The van der Waals surface area contributed by atoms with Crippen molar-refractivity contribution in [2.45, 2.75) is 84.5 Å². The molecule has 0 bridgehead atoms. The molecule has 0 fully saturated rings. The van der Waals surface area contributed by atoms with Gasteiger partial charge in [-0.05, 0) is 60.9 Å². The molecule has 0 aliphatic rings. The maximum atomic E-state index is 4.52. The third-order valence-electron chi connectivity index (χ3n) is 5.00. The minimum absolute atomic E-state index is 0.855. The van der Waals surface area contributed by atoms with Gasteiger partial charge in [-0.3, -0.25) is 0 Å². The van der Waals surface area contributed by atoms with Crippen LogP contribution in [0.2, 0.25) is 0 Å². The van der Waals surface area contributed by atoms with Crippen LogP contribution in [0.1, 0.15) is 94.0 Å². The van der Waals surface area contributed by atoms with Gasteiger partial charge in [0.1, 0.15) is 5.69 Å². The molecule has 0 amide bonds. The molecule has 2 aromatic rings. The smallest absolute Gasteiger partial charge is 0.113 e. The molecule has 1 heteroatoms. The van der Waals surface area contributed by atoms with E-state index in [1.807, 2.05) is 6.20 Å². The highest BCUT2D eigenvalue weighted by Gasteiger charge is 1.97. The molecule has 0 N–H and O–H groups in total. The lowest BCUT2D eigenvalue weighted by Crippen LogP contribution is -1.90. The quantitative estimate of drug-likeness (QED) is 0.290. The number of aromatic nitrogens is 1. The van der Waals surface area contributed by atoms with Crippen LogP contribution in [-0.4, -0.2) is 4.98 Å². The van der Waals surface area contributed by atoms with Gasteiger partial charge >= 0.3 is 0 Å². The van der Waals surface area contributed by atoms with Gasteiger partial charge in [0.2, 0.25) is 0 Å². The molecule has 0 radical (unpaired) electrons. The molecule has 1 heterocycles. The fourth-order valence-electron chi connectivity index (χ4n) is 3.23. The Balaban J connectivity index is 0.00000204. The van der Waals surface area contributed by atoms with E-state index in [4.69, 9.17) is 0 Å². The van der Waals surface area contributed by atoms with Crippen LogP contribution in [0.5, 0.6) is 0 Å². The molecule has 154 valence electrons. The van der Waals surface area contributed by atoms with E-state index in [0.29, 0.717) is 0 Å². The molecule has 0 spiro atoms. The summed E-state index contributed by atoms with van der Waals surface area (Å²) in [5.41, 5.74) is 4.65. The van der Waals surface area contributed by atoms with Crippen molar-refractivity contribution < 1.29 is 0 Å². The summed E-state index contributed by atoms with van der Waals surface area (Å²) in [6.45, 7) is 4.51. The molecule has 0 saturated heterocycles. The van der Waals surface area contributed by atoms with Crippen LogP contribution in [0.25, 0.3) is 0 Å². The molecule has 0 aliphatic heterocycles. The number of pyridine rings is 1. The van der Waals surface area contributed by atoms with Crippen molar-refractivity contribution in [3.05, 3.63) is 65.0 Å². The van der Waals surface area contributed by atoms with E-state index in [-0.39, 0.29) is 0 Å². The second-order valence-electron chi connectivity index (χ2n) is 7.47. The van der Waals surface area contributed by atoms with Gasteiger partial charge in [-0.25, -0.2) is 4.98 Å². The van der Waals surface area contributed by atoms with Gasteiger partial charge < -0.3 is 0 Å². The summed E-state index contributed by atoms with van der Waals surface area (Å²) in [5.74, 6) is 6.42. The second-order valence-corrected chi connectivity index (χ2v) is 7.47. The van der Waals surface area contributed by atoms with E-state index in [1.165, 1.54) is 75.3 Å². The fourth-order valence-corrected chi connectivity index (χ4v) is 3.23. The van der Waals surface area contributed by atoms with Gasteiger partial charge in [0.25, 0.3) is 0 Å². The summed E-state index contributed by atoms with van der Waals surface area (Å²) in [6.07, 6.45) is 24.2. The van der Waals surface area contributed by atoms with Gasteiger partial charge in [-0.15, -0.1) is 12.8 Å². The highest BCUT2D eigenvalue weighted by Crippen LogP contribution is 2.10. The first-order valence-electron chi connectivity index (χ1n) is 11.2. The lowest BCUT2D eigenvalue weighted by atomic mass is 10.1. The van der Waals surface area contributed by atoms with Crippen LogP contribution in [0, 0.1) is 24.7 Å². The highest BCUT2D eigenvalue weighted by atomic mass is 14.7. The normalized spacial score (nSPS) is 9.79. The molecule has 0 saturated carbocycles. The molecule has 0 unspecified atom stereocenters. The van der Waals surface area contributed by atoms with Crippen molar-refractivity contribution in [1.82, 2.24) is 4.98 Å². The molecule has 1 aromatic heterocycles. The first-order valence-corrected chi connectivity index (χ1v) is 11.2. The SMILES string of the molecule is C#C.CCCCCCCCc1ccc(C#Cc2ccc(CCCCC)cc2)nc1. The summed E-state index contributed by atoms with van der Waals surface area (Å²) in [7, 11) is 0. The zero-order chi connectivity index (χ0) is 21.2. The predicted molar refractivity (Wildman–Crippen MR) is 127 cm³/mol. The van der Waals surface area contributed by atoms with Crippen LogP contribution in [-0.2, 0) is 12.8 Å². The summed E-state index contributed by atoms with van der Waals surface area (Å²) in [5, 5.41) is 0. The number of terminal acetylenes is 1. The van der Waals surface area contributed by atoms with Gasteiger partial charge in [0, 0.05) is 11.8 Å². The summed E-state index contributed by atoms with van der Waals surface area (Å²) in [4.78, 5) is 4.52. The number of hydrogen-bond donors (Lipinski definition) is 0. The Bertz CT molecular complexity index is 726. The van der Waals surface area contributed by atoms with Crippen molar-refractivity contribution in [1.29, 1.82) is 0 Å². The van der Waals surface area contributed by atoms with Crippen molar-refractivity contribution in [3.8, 4) is 24.7 Å².